The quantitative estimate of drug-likeness (QED) is 0.764. The summed E-state index contributed by atoms with van der Waals surface area (Å²) in [5, 5.41) is 10.9. The van der Waals surface area contributed by atoms with Gasteiger partial charge >= 0.3 is 0 Å². The molecule has 0 amide bonds. The zero-order valence-corrected chi connectivity index (χ0v) is 10.0. The number of rotatable bonds is 1. The van der Waals surface area contributed by atoms with Gasteiger partial charge in [-0.3, -0.25) is 4.98 Å². The second-order valence-electron chi connectivity index (χ2n) is 5.41. The number of anilines is 1. The third-order valence-electron chi connectivity index (χ3n) is 4.01. The van der Waals surface area contributed by atoms with Gasteiger partial charge in [0.15, 0.2) is 0 Å². The third kappa shape index (κ3) is 1.59. The summed E-state index contributed by atoms with van der Waals surface area (Å²) in [7, 11) is 0. The van der Waals surface area contributed by atoms with Crippen molar-refractivity contribution in [3.63, 3.8) is 0 Å². The number of nitrogens with zero attached hydrogens (tertiary/aromatic N) is 1. The standard InChI is InChI=1S/C13H20N2O/c1-12(2)6-3-4-7-13(12,16)10-9-15-8-5-11(10)14/h5,8-9,16H,3-4,6-7H2,1-2H3,(H2,14,15). The number of hydrogen-bond donors (Lipinski definition) is 2. The lowest BCUT2D eigenvalue weighted by Crippen LogP contribution is -2.45. The zero-order valence-electron chi connectivity index (χ0n) is 10.0. The van der Waals surface area contributed by atoms with Crippen molar-refractivity contribution in [3.8, 4) is 0 Å². The van der Waals surface area contributed by atoms with Crippen LogP contribution < -0.4 is 5.73 Å². The molecule has 1 atom stereocenters. The molecule has 0 aromatic carbocycles. The second kappa shape index (κ2) is 3.74. The lowest BCUT2D eigenvalue weighted by Gasteiger charge is -2.47. The summed E-state index contributed by atoms with van der Waals surface area (Å²) in [5.74, 6) is 0. The van der Waals surface area contributed by atoms with E-state index in [0.717, 1.165) is 24.8 Å². The molecule has 1 unspecified atom stereocenters. The van der Waals surface area contributed by atoms with Crippen LogP contribution in [0.25, 0.3) is 0 Å². The Hall–Kier alpha value is -1.09. The molecule has 1 aliphatic rings. The second-order valence-corrected chi connectivity index (χ2v) is 5.41. The SMILES string of the molecule is CC1(C)CCCCC1(O)c1cnccc1N. The summed E-state index contributed by atoms with van der Waals surface area (Å²) in [5.41, 5.74) is 6.43. The average molecular weight is 220 g/mol. The molecule has 1 aromatic heterocycles. The van der Waals surface area contributed by atoms with Crippen LogP contribution >= 0.6 is 0 Å². The van der Waals surface area contributed by atoms with Gasteiger partial charge in [-0.15, -0.1) is 0 Å². The summed E-state index contributed by atoms with van der Waals surface area (Å²) in [4.78, 5) is 4.09. The minimum absolute atomic E-state index is 0.137. The Kier molecular flexibility index (Phi) is 2.66. The zero-order chi connectivity index (χ0) is 11.8. The summed E-state index contributed by atoms with van der Waals surface area (Å²) < 4.78 is 0. The Morgan fingerprint density at radius 1 is 1.31 bits per heavy atom. The normalized spacial score (nSPS) is 28.9. The first-order valence-electron chi connectivity index (χ1n) is 5.90. The van der Waals surface area contributed by atoms with Crippen molar-refractivity contribution in [1.29, 1.82) is 0 Å². The van der Waals surface area contributed by atoms with Crippen molar-refractivity contribution in [3.05, 3.63) is 24.0 Å². The van der Waals surface area contributed by atoms with Crippen molar-refractivity contribution < 1.29 is 5.11 Å². The van der Waals surface area contributed by atoms with Crippen LogP contribution in [0.3, 0.4) is 0 Å². The fourth-order valence-corrected chi connectivity index (χ4v) is 2.74. The Morgan fingerprint density at radius 2 is 2.00 bits per heavy atom. The predicted molar refractivity (Wildman–Crippen MR) is 64.8 cm³/mol. The van der Waals surface area contributed by atoms with Crippen molar-refractivity contribution in [2.45, 2.75) is 45.1 Å². The molecule has 0 radical (unpaired) electrons. The molecule has 1 aromatic rings. The molecule has 1 saturated carbocycles. The largest absolute Gasteiger partial charge is 0.398 e. The van der Waals surface area contributed by atoms with Gasteiger partial charge in [-0.2, -0.15) is 0 Å². The summed E-state index contributed by atoms with van der Waals surface area (Å²) in [6.07, 6.45) is 7.40. The van der Waals surface area contributed by atoms with Crippen LogP contribution in [-0.4, -0.2) is 10.1 Å². The van der Waals surface area contributed by atoms with Crippen molar-refractivity contribution in [1.82, 2.24) is 4.98 Å². The molecule has 2 rings (SSSR count). The van der Waals surface area contributed by atoms with Crippen LogP contribution in [0.2, 0.25) is 0 Å². The van der Waals surface area contributed by atoms with Gasteiger partial charge < -0.3 is 10.8 Å². The van der Waals surface area contributed by atoms with Crippen molar-refractivity contribution in [2.75, 3.05) is 5.73 Å². The Labute approximate surface area is 96.7 Å². The summed E-state index contributed by atoms with van der Waals surface area (Å²) in [6.45, 7) is 4.22. The first-order valence-corrected chi connectivity index (χ1v) is 5.90. The maximum atomic E-state index is 10.9. The molecule has 0 bridgehead atoms. The van der Waals surface area contributed by atoms with Gasteiger partial charge in [-0.1, -0.05) is 26.7 Å². The molecule has 3 heteroatoms. The highest BCUT2D eigenvalue weighted by molar-refractivity contribution is 5.48. The minimum atomic E-state index is -0.830. The van der Waals surface area contributed by atoms with Gasteiger partial charge in [0.05, 0.1) is 5.60 Å². The Bertz CT molecular complexity index is 389. The fraction of sp³-hybridized carbons (Fsp3) is 0.615. The molecule has 3 N–H and O–H groups in total. The van der Waals surface area contributed by atoms with Gasteiger partial charge in [-0.25, -0.2) is 0 Å². The highest BCUT2D eigenvalue weighted by Crippen LogP contribution is 2.51. The van der Waals surface area contributed by atoms with Crippen LogP contribution in [0.4, 0.5) is 5.69 Å². The first kappa shape index (κ1) is 11.4. The summed E-state index contributed by atoms with van der Waals surface area (Å²) >= 11 is 0. The van der Waals surface area contributed by atoms with E-state index in [0.29, 0.717) is 5.69 Å². The van der Waals surface area contributed by atoms with E-state index in [9.17, 15) is 5.11 Å². The van der Waals surface area contributed by atoms with Crippen LogP contribution in [-0.2, 0) is 5.60 Å². The minimum Gasteiger partial charge on any atom is -0.398 e. The maximum Gasteiger partial charge on any atom is 0.0981 e. The van der Waals surface area contributed by atoms with E-state index in [1.165, 1.54) is 6.42 Å². The number of hydrogen-bond acceptors (Lipinski definition) is 3. The molecular formula is C13H20N2O. The third-order valence-corrected chi connectivity index (χ3v) is 4.01. The van der Waals surface area contributed by atoms with Crippen LogP contribution in [0, 0.1) is 5.41 Å². The number of nitrogen functional groups attached to an aromatic ring is 1. The lowest BCUT2D eigenvalue weighted by molar-refractivity contribution is -0.103. The summed E-state index contributed by atoms with van der Waals surface area (Å²) in [6, 6.07) is 1.76. The molecule has 16 heavy (non-hydrogen) atoms. The van der Waals surface area contributed by atoms with E-state index in [-0.39, 0.29) is 5.41 Å². The topological polar surface area (TPSA) is 59.1 Å². The maximum absolute atomic E-state index is 10.9. The monoisotopic (exact) mass is 220 g/mol. The highest BCUT2D eigenvalue weighted by Gasteiger charge is 2.47. The van der Waals surface area contributed by atoms with E-state index in [1.807, 2.05) is 0 Å². The van der Waals surface area contributed by atoms with Crippen LogP contribution in [0.1, 0.15) is 45.1 Å². The van der Waals surface area contributed by atoms with Gasteiger partial charge in [0, 0.05) is 23.6 Å². The molecule has 1 aliphatic carbocycles. The molecule has 1 heterocycles. The molecular weight excluding hydrogens is 200 g/mol. The van der Waals surface area contributed by atoms with Gasteiger partial charge in [0.1, 0.15) is 0 Å². The molecule has 3 nitrogen and oxygen atoms in total. The lowest BCUT2D eigenvalue weighted by atomic mass is 9.62. The smallest absolute Gasteiger partial charge is 0.0981 e. The molecule has 0 saturated heterocycles. The van der Waals surface area contributed by atoms with Gasteiger partial charge in [0.25, 0.3) is 0 Å². The number of pyridine rings is 1. The van der Waals surface area contributed by atoms with E-state index < -0.39 is 5.60 Å². The van der Waals surface area contributed by atoms with E-state index in [4.69, 9.17) is 5.73 Å². The Morgan fingerprint density at radius 3 is 2.62 bits per heavy atom. The first-order chi connectivity index (χ1) is 7.47. The molecule has 0 spiro atoms. The van der Waals surface area contributed by atoms with E-state index in [2.05, 4.69) is 18.8 Å². The van der Waals surface area contributed by atoms with E-state index in [1.54, 1.807) is 18.5 Å². The van der Waals surface area contributed by atoms with Gasteiger partial charge in [-0.05, 0) is 24.3 Å². The average Bonchev–Trinajstić information content (AvgIpc) is 2.23. The van der Waals surface area contributed by atoms with Gasteiger partial charge in [0.2, 0.25) is 0 Å². The molecule has 1 fully saturated rings. The Balaban J connectivity index is 2.48. The highest BCUT2D eigenvalue weighted by atomic mass is 16.3. The molecule has 0 aliphatic heterocycles. The molecule has 88 valence electrons. The van der Waals surface area contributed by atoms with E-state index >= 15 is 0 Å². The number of aliphatic hydroxyl groups is 1. The predicted octanol–water partition coefficient (Wildman–Crippen LogP) is 2.45. The van der Waals surface area contributed by atoms with Crippen LogP contribution in [0.15, 0.2) is 18.5 Å². The van der Waals surface area contributed by atoms with Crippen molar-refractivity contribution >= 4 is 5.69 Å². The fourth-order valence-electron chi connectivity index (χ4n) is 2.74. The number of nitrogens with two attached hydrogens (primary N) is 1. The van der Waals surface area contributed by atoms with Crippen LogP contribution in [0.5, 0.6) is 0 Å². The van der Waals surface area contributed by atoms with Crippen molar-refractivity contribution in [2.24, 2.45) is 5.41 Å². The number of aromatic nitrogens is 1.